The van der Waals surface area contributed by atoms with Crippen molar-refractivity contribution in [3.8, 4) is 5.75 Å². The molecule has 0 aliphatic heterocycles. The summed E-state index contributed by atoms with van der Waals surface area (Å²) in [6, 6.07) is 10.3. The summed E-state index contributed by atoms with van der Waals surface area (Å²) < 4.78 is 5.92. The highest BCUT2D eigenvalue weighted by Crippen LogP contribution is 2.27. The minimum atomic E-state index is -0.0332. The van der Waals surface area contributed by atoms with Gasteiger partial charge >= 0.3 is 0 Å². The lowest BCUT2D eigenvalue weighted by Crippen LogP contribution is -2.06. The first-order valence-electron chi connectivity index (χ1n) is 5.82. The van der Waals surface area contributed by atoms with Crippen LogP contribution in [0, 0.1) is 0 Å². The first-order valence-corrected chi connectivity index (χ1v) is 7.37. The number of ether oxygens (including phenoxy) is 1. The number of rotatable bonds is 4. The second kappa shape index (κ2) is 6.61. The second-order valence-electron chi connectivity index (χ2n) is 4.18. The quantitative estimate of drug-likeness (QED) is 0.689. The van der Waals surface area contributed by atoms with Crippen LogP contribution in [0.1, 0.15) is 15.9 Å². The molecule has 0 N–H and O–H groups in total. The van der Waals surface area contributed by atoms with Gasteiger partial charge in [-0.05, 0) is 52.3 Å². The average Bonchev–Trinajstić information content (AvgIpc) is 2.38. The average molecular weight is 374 g/mol. The van der Waals surface area contributed by atoms with Crippen LogP contribution in [-0.2, 0) is 6.42 Å². The van der Waals surface area contributed by atoms with Gasteiger partial charge in [-0.1, -0.05) is 23.2 Å². The van der Waals surface area contributed by atoms with Crippen molar-refractivity contribution in [1.29, 1.82) is 0 Å². The van der Waals surface area contributed by atoms with Crippen LogP contribution in [0.4, 0.5) is 0 Å². The summed E-state index contributed by atoms with van der Waals surface area (Å²) in [5.74, 6) is 0.613. The number of carbonyl (C=O) groups is 1. The van der Waals surface area contributed by atoms with Gasteiger partial charge in [0.25, 0.3) is 0 Å². The summed E-state index contributed by atoms with van der Waals surface area (Å²) in [7, 11) is 1.56. The Hall–Kier alpha value is -1.03. The number of hydrogen-bond donors (Lipinski definition) is 0. The lowest BCUT2D eigenvalue weighted by molar-refractivity contribution is 0.0991. The van der Waals surface area contributed by atoms with E-state index in [2.05, 4.69) is 15.9 Å². The highest BCUT2D eigenvalue weighted by molar-refractivity contribution is 9.10. The maximum absolute atomic E-state index is 12.4. The van der Waals surface area contributed by atoms with Crippen molar-refractivity contribution in [3.63, 3.8) is 0 Å². The molecule has 0 unspecified atom stereocenters. The summed E-state index contributed by atoms with van der Waals surface area (Å²) in [6.45, 7) is 0. The van der Waals surface area contributed by atoms with E-state index in [-0.39, 0.29) is 12.2 Å². The van der Waals surface area contributed by atoms with Gasteiger partial charge in [-0.25, -0.2) is 0 Å². The molecule has 0 heterocycles. The molecule has 5 heteroatoms. The molecule has 0 spiro atoms. The molecule has 0 aliphatic rings. The maximum atomic E-state index is 12.4. The van der Waals surface area contributed by atoms with E-state index in [0.717, 1.165) is 5.56 Å². The van der Waals surface area contributed by atoms with Crippen molar-refractivity contribution in [2.75, 3.05) is 7.11 Å². The molecule has 0 amide bonds. The molecule has 2 rings (SSSR count). The Morgan fingerprint density at radius 3 is 2.45 bits per heavy atom. The van der Waals surface area contributed by atoms with Gasteiger partial charge in [0, 0.05) is 32.1 Å². The zero-order valence-electron chi connectivity index (χ0n) is 10.6. The lowest BCUT2D eigenvalue weighted by Gasteiger charge is -2.09. The van der Waals surface area contributed by atoms with E-state index in [1.54, 1.807) is 43.5 Å². The molecule has 0 radical (unpaired) electrons. The van der Waals surface area contributed by atoms with Crippen LogP contribution in [0.2, 0.25) is 10.0 Å². The van der Waals surface area contributed by atoms with E-state index in [1.807, 2.05) is 0 Å². The number of carbonyl (C=O) groups excluding carboxylic acids is 1. The van der Waals surface area contributed by atoms with Crippen molar-refractivity contribution in [2.45, 2.75) is 6.42 Å². The highest BCUT2D eigenvalue weighted by Gasteiger charge is 2.14. The highest BCUT2D eigenvalue weighted by atomic mass is 79.9. The summed E-state index contributed by atoms with van der Waals surface area (Å²) >= 11 is 15.2. The molecule has 0 fully saturated rings. The Bertz CT molecular complexity index is 656. The van der Waals surface area contributed by atoms with Gasteiger partial charge < -0.3 is 4.74 Å². The van der Waals surface area contributed by atoms with Gasteiger partial charge in [0.1, 0.15) is 5.75 Å². The van der Waals surface area contributed by atoms with Crippen molar-refractivity contribution in [3.05, 3.63) is 62.0 Å². The SMILES string of the molecule is COc1ccc(Cl)cc1CC(=O)c1ccc(Cl)cc1Br. The van der Waals surface area contributed by atoms with Crippen LogP contribution >= 0.6 is 39.1 Å². The van der Waals surface area contributed by atoms with Crippen molar-refractivity contribution in [2.24, 2.45) is 0 Å². The minimum Gasteiger partial charge on any atom is -0.496 e. The van der Waals surface area contributed by atoms with Crippen molar-refractivity contribution in [1.82, 2.24) is 0 Å². The van der Waals surface area contributed by atoms with Crippen LogP contribution < -0.4 is 4.74 Å². The number of ketones is 1. The van der Waals surface area contributed by atoms with Gasteiger partial charge in [0.05, 0.1) is 7.11 Å². The van der Waals surface area contributed by atoms with Crippen LogP contribution in [-0.4, -0.2) is 12.9 Å². The molecule has 0 atom stereocenters. The van der Waals surface area contributed by atoms with Gasteiger partial charge in [0.2, 0.25) is 0 Å². The second-order valence-corrected chi connectivity index (χ2v) is 5.91. The van der Waals surface area contributed by atoms with Gasteiger partial charge in [-0.15, -0.1) is 0 Å². The maximum Gasteiger partial charge on any atom is 0.168 e. The Balaban J connectivity index is 2.30. The lowest BCUT2D eigenvalue weighted by atomic mass is 10.0. The van der Waals surface area contributed by atoms with E-state index >= 15 is 0 Å². The molecule has 20 heavy (non-hydrogen) atoms. The molecule has 2 aromatic carbocycles. The van der Waals surface area contributed by atoms with E-state index in [0.29, 0.717) is 25.8 Å². The van der Waals surface area contributed by atoms with E-state index in [4.69, 9.17) is 27.9 Å². The third-order valence-electron chi connectivity index (χ3n) is 2.82. The molecule has 0 saturated heterocycles. The van der Waals surface area contributed by atoms with Crippen LogP contribution in [0.5, 0.6) is 5.75 Å². The predicted molar refractivity (Wildman–Crippen MR) is 85.2 cm³/mol. The summed E-state index contributed by atoms with van der Waals surface area (Å²) in [5, 5.41) is 1.15. The van der Waals surface area contributed by atoms with Gasteiger partial charge in [0.15, 0.2) is 5.78 Å². The fraction of sp³-hybridized carbons (Fsp3) is 0.133. The molecule has 0 aliphatic carbocycles. The molecule has 0 saturated carbocycles. The first-order chi connectivity index (χ1) is 9.51. The number of Topliss-reactive ketones (excluding diaryl/α,β-unsaturated/α-hetero) is 1. The first kappa shape index (κ1) is 15.4. The predicted octanol–water partition coefficient (Wildman–Crippen LogP) is 5.19. The molecule has 0 bridgehead atoms. The van der Waals surface area contributed by atoms with E-state index in [9.17, 15) is 4.79 Å². The van der Waals surface area contributed by atoms with Crippen LogP contribution in [0.25, 0.3) is 0 Å². The fourth-order valence-corrected chi connectivity index (χ4v) is 2.97. The number of benzene rings is 2. The summed E-state index contributed by atoms with van der Waals surface area (Å²) in [4.78, 5) is 12.4. The molecular weight excluding hydrogens is 363 g/mol. The molecule has 104 valence electrons. The largest absolute Gasteiger partial charge is 0.496 e. The normalized spacial score (nSPS) is 10.4. The fourth-order valence-electron chi connectivity index (χ4n) is 1.87. The molecular formula is C15H11BrCl2O2. The Kier molecular flexibility index (Phi) is 5.08. The third-order valence-corrected chi connectivity index (χ3v) is 3.95. The van der Waals surface area contributed by atoms with Crippen molar-refractivity contribution >= 4 is 44.9 Å². The number of halogens is 3. The summed E-state index contributed by atoms with van der Waals surface area (Å²) in [5.41, 5.74) is 1.34. The third kappa shape index (κ3) is 3.54. The van der Waals surface area contributed by atoms with Gasteiger partial charge in [-0.3, -0.25) is 4.79 Å². The topological polar surface area (TPSA) is 26.3 Å². The zero-order chi connectivity index (χ0) is 14.7. The van der Waals surface area contributed by atoms with Crippen LogP contribution in [0.3, 0.4) is 0 Å². The standard InChI is InChI=1S/C15H11BrCl2O2/c1-20-15-5-3-10(17)6-9(15)7-14(19)12-4-2-11(18)8-13(12)16/h2-6,8H,7H2,1H3. The van der Waals surface area contributed by atoms with E-state index < -0.39 is 0 Å². The molecule has 0 aromatic heterocycles. The molecule has 2 nitrogen and oxygen atoms in total. The monoisotopic (exact) mass is 372 g/mol. The van der Waals surface area contributed by atoms with Crippen LogP contribution in [0.15, 0.2) is 40.9 Å². The summed E-state index contributed by atoms with van der Waals surface area (Å²) in [6.07, 6.45) is 0.212. The smallest absolute Gasteiger partial charge is 0.168 e. The van der Waals surface area contributed by atoms with Gasteiger partial charge in [-0.2, -0.15) is 0 Å². The Labute approximate surface area is 135 Å². The molecule has 2 aromatic rings. The van der Waals surface area contributed by atoms with Crippen molar-refractivity contribution < 1.29 is 9.53 Å². The Morgan fingerprint density at radius 2 is 1.80 bits per heavy atom. The number of methoxy groups -OCH3 is 1. The minimum absolute atomic E-state index is 0.0332. The Morgan fingerprint density at radius 1 is 1.15 bits per heavy atom. The zero-order valence-corrected chi connectivity index (χ0v) is 13.7. The van der Waals surface area contributed by atoms with E-state index in [1.165, 1.54) is 0 Å². The number of hydrogen-bond acceptors (Lipinski definition) is 2.